The van der Waals surface area contributed by atoms with E-state index in [9.17, 15) is 4.79 Å². The monoisotopic (exact) mass is 391 g/mol. The number of rotatable bonds is 5. The molecule has 0 saturated heterocycles. The van der Waals surface area contributed by atoms with Crippen molar-refractivity contribution in [1.29, 1.82) is 0 Å². The molecule has 2 aromatic carbocycles. The topological polar surface area (TPSA) is 47.8 Å². The molecule has 0 saturated carbocycles. The fourth-order valence-corrected chi connectivity index (χ4v) is 3.59. The first-order chi connectivity index (χ1) is 12.0. The summed E-state index contributed by atoms with van der Waals surface area (Å²) in [6.45, 7) is 1.85. The summed E-state index contributed by atoms with van der Waals surface area (Å²) in [5.74, 6) is 0.684. The fraction of sp³-hybridized carbons (Fsp3) is 0.167. The Morgan fingerprint density at radius 1 is 1.08 bits per heavy atom. The second kappa shape index (κ2) is 7.60. The van der Waals surface area contributed by atoms with Crippen LogP contribution in [0.4, 0.5) is 0 Å². The largest absolute Gasteiger partial charge is 0.305 e. The van der Waals surface area contributed by atoms with Gasteiger partial charge in [-0.25, -0.2) is 0 Å². The van der Waals surface area contributed by atoms with Crippen molar-refractivity contribution in [2.45, 2.75) is 17.3 Å². The molecule has 0 aliphatic heterocycles. The van der Waals surface area contributed by atoms with Crippen LogP contribution >= 0.6 is 35.0 Å². The van der Waals surface area contributed by atoms with Gasteiger partial charge in [-0.05, 0) is 43.3 Å². The van der Waals surface area contributed by atoms with Gasteiger partial charge in [-0.1, -0.05) is 47.1 Å². The van der Waals surface area contributed by atoms with E-state index in [0.717, 1.165) is 5.56 Å². The first kappa shape index (κ1) is 18.0. The molecule has 0 spiro atoms. The van der Waals surface area contributed by atoms with E-state index in [4.69, 9.17) is 23.2 Å². The molecule has 0 aliphatic carbocycles. The van der Waals surface area contributed by atoms with Gasteiger partial charge in [0.05, 0.1) is 10.3 Å². The van der Waals surface area contributed by atoms with Crippen LogP contribution in [0.5, 0.6) is 0 Å². The standard InChI is InChI=1S/C18H15Cl2N3OS/c1-11(16(24)12-7-9-13(19)10-8-12)25-18-22-21-17(23(18)2)14-5-3-4-6-15(14)20/h3-11H,1-2H3. The van der Waals surface area contributed by atoms with Crippen LogP contribution in [0.1, 0.15) is 17.3 Å². The molecule has 0 aliphatic rings. The Balaban J connectivity index is 1.81. The summed E-state index contributed by atoms with van der Waals surface area (Å²) >= 11 is 13.5. The number of carbonyl (C=O) groups excluding carboxylic acids is 1. The van der Waals surface area contributed by atoms with Crippen LogP contribution in [0.25, 0.3) is 11.4 Å². The molecule has 0 N–H and O–H groups in total. The van der Waals surface area contributed by atoms with Gasteiger partial charge in [0.15, 0.2) is 16.8 Å². The predicted octanol–water partition coefficient (Wildman–Crippen LogP) is 5.15. The Hall–Kier alpha value is -1.82. The molecule has 1 atom stereocenters. The molecule has 4 nitrogen and oxygen atoms in total. The van der Waals surface area contributed by atoms with Crippen LogP contribution in [0, 0.1) is 0 Å². The van der Waals surface area contributed by atoms with Crippen molar-refractivity contribution in [1.82, 2.24) is 14.8 Å². The number of nitrogens with zero attached hydrogens (tertiary/aromatic N) is 3. The Morgan fingerprint density at radius 2 is 1.76 bits per heavy atom. The van der Waals surface area contributed by atoms with E-state index >= 15 is 0 Å². The van der Waals surface area contributed by atoms with Crippen molar-refractivity contribution in [3.63, 3.8) is 0 Å². The quantitative estimate of drug-likeness (QED) is 0.445. The van der Waals surface area contributed by atoms with Crippen LogP contribution in [-0.4, -0.2) is 25.8 Å². The number of carbonyl (C=O) groups is 1. The smallest absolute Gasteiger partial charge is 0.191 e. The van der Waals surface area contributed by atoms with E-state index in [1.807, 2.05) is 42.8 Å². The molecule has 7 heteroatoms. The zero-order valence-corrected chi connectivity index (χ0v) is 15.9. The highest BCUT2D eigenvalue weighted by Gasteiger charge is 2.21. The minimum atomic E-state index is -0.303. The van der Waals surface area contributed by atoms with Crippen LogP contribution in [0.2, 0.25) is 10.0 Å². The number of Topliss-reactive ketones (excluding diaryl/α,β-unsaturated/α-hetero) is 1. The van der Waals surface area contributed by atoms with E-state index in [2.05, 4.69) is 10.2 Å². The predicted molar refractivity (Wildman–Crippen MR) is 103 cm³/mol. The molecule has 0 fully saturated rings. The van der Waals surface area contributed by atoms with Gasteiger partial charge in [0.1, 0.15) is 0 Å². The van der Waals surface area contributed by atoms with Gasteiger partial charge in [0.25, 0.3) is 0 Å². The third-order valence-corrected chi connectivity index (χ3v) is 5.45. The Bertz CT molecular complexity index is 909. The van der Waals surface area contributed by atoms with Gasteiger partial charge in [-0.15, -0.1) is 10.2 Å². The average Bonchev–Trinajstić information content (AvgIpc) is 2.96. The highest BCUT2D eigenvalue weighted by atomic mass is 35.5. The summed E-state index contributed by atoms with van der Waals surface area (Å²) in [7, 11) is 1.86. The number of ketones is 1. The lowest BCUT2D eigenvalue weighted by molar-refractivity contribution is 0.0994. The number of hydrogen-bond donors (Lipinski definition) is 0. The molecular formula is C18H15Cl2N3OS. The summed E-state index contributed by atoms with van der Waals surface area (Å²) < 4.78 is 1.84. The zero-order chi connectivity index (χ0) is 18.0. The maximum Gasteiger partial charge on any atom is 0.191 e. The Morgan fingerprint density at radius 3 is 2.44 bits per heavy atom. The van der Waals surface area contributed by atoms with Gasteiger partial charge in [0.2, 0.25) is 0 Å². The highest BCUT2D eigenvalue weighted by molar-refractivity contribution is 8.00. The van der Waals surface area contributed by atoms with Gasteiger partial charge in [-0.3, -0.25) is 4.79 Å². The lowest BCUT2D eigenvalue weighted by Crippen LogP contribution is -2.14. The maximum absolute atomic E-state index is 12.6. The number of aromatic nitrogens is 3. The normalized spacial score (nSPS) is 12.2. The minimum absolute atomic E-state index is 0.0176. The van der Waals surface area contributed by atoms with Gasteiger partial charge in [0, 0.05) is 23.2 Å². The van der Waals surface area contributed by atoms with E-state index in [0.29, 0.717) is 26.6 Å². The molecule has 128 valence electrons. The third-order valence-electron chi connectivity index (χ3n) is 3.73. The van der Waals surface area contributed by atoms with Crippen molar-refractivity contribution >= 4 is 40.7 Å². The third kappa shape index (κ3) is 3.89. The molecule has 1 aromatic heterocycles. The highest BCUT2D eigenvalue weighted by Crippen LogP contribution is 2.30. The van der Waals surface area contributed by atoms with Gasteiger partial charge < -0.3 is 4.57 Å². The Kier molecular flexibility index (Phi) is 5.47. The molecule has 1 unspecified atom stereocenters. The maximum atomic E-state index is 12.6. The van der Waals surface area contributed by atoms with E-state index in [1.165, 1.54) is 11.8 Å². The second-order valence-corrected chi connectivity index (χ2v) is 7.63. The zero-order valence-electron chi connectivity index (χ0n) is 13.6. The van der Waals surface area contributed by atoms with Crippen molar-refractivity contribution in [2.24, 2.45) is 7.05 Å². The van der Waals surface area contributed by atoms with Crippen molar-refractivity contribution < 1.29 is 4.79 Å². The van der Waals surface area contributed by atoms with Gasteiger partial charge in [-0.2, -0.15) is 0 Å². The summed E-state index contributed by atoms with van der Waals surface area (Å²) in [4.78, 5) is 12.6. The van der Waals surface area contributed by atoms with E-state index in [1.54, 1.807) is 24.3 Å². The second-order valence-electron chi connectivity index (χ2n) is 5.48. The molecule has 3 aromatic rings. The molecule has 25 heavy (non-hydrogen) atoms. The molecule has 3 rings (SSSR count). The fourth-order valence-electron chi connectivity index (χ4n) is 2.36. The summed E-state index contributed by atoms with van der Waals surface area (Å²) in [6, 6.07) is 14.4. The summed E-state index contributed by atoms with van der Waals surface area (Å²) in [5.41, 5.74) is 1.43. The van der Waals surface area contributed by atoms with E-state index in [-0.39, 0.29) is 11.0 Å². The SMILES string of the molecule is CC(Sc1nnc(-c2ccccc2Cl)n1C)C(=O)c1ccc(Cl)cc1. The number of thioether (sulfide) groups is 1. The summed E-state index contributed by atoms with van der Waals surface area (Å²) in [5, 5.41) is 10.0. The van der Waals surface area contributed by atoms with Crippen molar-refractivity contribution in [3.05, 3.63) is 64.1 Å². The molecular weight excluding hydrogens is 377 g/mol. The molecule has 0 amide bonds. The van der Waals surface area contributed by atoms with Crippen LogP contribution in [0.3, 0.4) is 0 Å². The molecule has 0 radical (unpaired) electrons. The van der Waals surface area contributed by atoms with E-state index < -0.39 is 0 Å². The van der Waals surface area contributed by atoms with Crippen LogP contribution in [0.15, 0.2) is 53.7 Å². The van der Waals surface area contributed by atoms with Crippen LogP contribution in [-0.2, 0) is 7.05 Å². The lowest BCUT2D eigenvalue weighted by atomic mass is 10.1. The minimum Gasteiger partial charge on any atom is -0.305 e. The van der Waals surface area contributed by atoms with Gasteiger partial charge >= 0.3 is 0 Å². The number of benzene rings is 2. The molecule has 1 heterocycles. The lowest BCUT2D eigenvalue weighted by Gasteiger charge is -2.10. The number of halogens is 2. The number of hydrogen-bond acceptors (Lipinski definition) is 4. The Labute approximate surface area is 160 Å². The average molecular weight is 392 g/mol. The molecule has 0 bridgehead atoms. The first-order valence-electron chi connectivity index (χ1n) is 7.58. The van der Waals surface area contributed by atoms with Crippen LogP contribution < -0.4 is 0 Å². The van der Waals surface area contributed by atoms with Crippen molar-refractivity contribution in [3.8, 4) is 11.4 Å². The summed E-state index contributed by atoms with van der Waals surface area (Å²) in [6.07, 6.45) is 0. The first-order valence-corrected chi connectivity index (χ1v) is 9.21. The van der Waals surface area contributed by atoms with Crippen molar-refractivity contribution in [2.75, 3.05) is 0 Å².